The van der Waals surface area contributed by atoms with Gasteiger partial charge in [-0.3, -0.25) is 4.79 Å². The number of rotatable bonds is 7. The van der Waals surface area contributed by atoms with Gasteiger partial charge in [0.05, 0.1) is 6.54 Å². The number of carbonyl (C=O) groups excluding carboxylic acids is 1. The predicted octanol–water partition coefficient (Wildman–Crippen LogP) is 2.37. The fourth-order valence-corrected chi connectivity index (χ4v) is 1.76. The quantitative estimate of drug-likeness (QED) is 0.609. The summed E-state index contributed by atoms with van der Waals surface area (Å²) in [6.07, 6.45) is 1.04. The summed E-state index contributed by atoms with van der Waals surface area (Å²) in [7, 11) is 4.09. The first-order valence-corrected chi connectivity index (χ1v) is 6.53. The topological polar surface area (TPSA) is 32.3 Å². The first kappa shape index (κ1) is 15.2. The van der Waals surface area contributed by atoms with Gasteiger partial charge in [-0.25, -0.2) is 0 Å². The molecule has 0 fully saturated rings. The molecule has 0 atom stereocenters. The Labute approximate surface area is 114 Å². The van der Waals surface area contributed by atoms with E-state index in [1.807, 2.05) is 27.1 Å². The van der Waals surface area contributed by atoms with Gasteiger partial charge in [0.2, 0.25) is 0 Å². The smallest absolute Gasteiger partial charge is 0.176 e. The third-order valence-electron chi connectivity index (χ3n) is 2.72. The zero-order chi connectivity index (χ0) is 13.5. The fourth-order valence-electron chi connectivity index (χ4n) is 1.64. The lowest BCUT2D eigenvalue weighted by molar-refractivity contribution is 0.0991. The average Bonchev–Trinajstić information content (AvgIpc) is 2.31. The molecule has 0 spiro atoms. The number of hydrogen-bond acceptors (Lipinski definition) is 3. The Kier molecular flexibility index (Phi) is 6.33. The minimum Gasteiger partial charge on any atom is -0.310 e. The van der Waals surface area contributed by atoms with E-state index in [1.165, 1.54) is 0 Å². The van der Waals surface area contributed by atoms with Crippen LogP contribution in [0.25, 0.3) is 0 Å². The predicted molar refractivity (Wildman–Crippen MR) is 76.6 cm³/mol. The lowest BCUT2D eigenvalue weighted by Crippen LogP contribution is -2.26. The van der Waals surface area contributed by atoms with E-state index in [0.29, 0.717) is 11.6 Å². The van der Waals surface area contributed by atoms with Crippen molar-refractivity contribution in [3.8, 4) is 0 Å². The first-order valence-electron chi connectivity index (χ1n) is 6.15. The zero-order valence-electron chi connectivity index (χ0n) is 11.3. The minimum absolute atomic E-state index is 0.111. The molecule has 0 unspecified atom stereocenters. The molecule has 1 N–H and O–H groups in total. The largest absolute Gasteiger partial charge is 0.310 e. The van der Waals surface area contributed by atoms with E-state index in [9.17, 15) is 4.79 Å². The molecule has 18 heavy (non-hydrogen) atoms. The van der Waals surface area contributed by atoms with Crippen LogP contribution in [0, 0.1) is 6.92 Å². The van der Waals surface area contributed by atoms with Gasteiger partial charge in [0.25, 0.3) is 0 Å². The molecule has 100 valence electrons. The molecule has 4 heteroatoms. The van der Waals surface area contributed by atoms with E-state index in [2.05, 4.69) is 10.2 Å². The van der Waals surface area contributed by atoms with Gasteiger partial charge in [-0.15, -0.1) is 0 Å². The highest BCUT2D eigenvalue weighted by Crippen LogP contribution is 2.16. The van der Waals surface area contributed by atoms with Crippen LogP contribution in [0.5, 0.6) is 0 Å². The van der Waals surface area contributed by atoms with Crippen LogP contribution in [0.3, 0.4) is 0 Å². The normalized spacial score (nSPS) is 10.9. The van der Waals surface area contributed by atoms with Crippen LogP contribution in [0.4, 0.5) is 0 Å². The second-order valence-corrected chi connectivity index (χ2v) is 5.13. The lowest BCUT2D eigenvalue weighted by Gasteiger charge is -2.09. The third-order valence-corrected chi connectivity index (χ3v) is 3.15. The maximum absolute atomic E-state index is 11.9. The van der Waals surface area contributed by atoms with E-state index >= 15 is 0 Å². The highest BCUT2D eigenvalue weighted by atomic mass is 35.5. The molecule has 1 aromatic rings. The number of carbonyl (C=O) groups is 1. The Bertz CT molecular complexity index is 405. The third kappa shape index (κ3) is 5.17. The van der Waals surface area contributed by atoms with Crippen molar-refractivity contribution in [1.29, 1.82) is 0 Å². The van der Waals surface area contributed by atoms with E-state index in [4.69, 9.17) is 11.6 Å². The van der Waals surface area contributed by atoms with Crippen LogP contribution in [0.15, 0.2) is 18.2 Å². The molecule has 0 saturated carbocycles. The molecule has 0 aliphatic heterocycles. The molecular weight excluding hydrogens is 248 g/mol. The number of nitrogens with zero attached hydrogens (tertiary/aromatic N) is 1. The van der Waals surface area contributed by atoms with Crippen molar-refractivity contribution in [2.45, 2.75) is 13.3 Å². The monoisotopic (exact) mass is 268 g/mol. The van der Waals surface area contributed by atoms with Crippen molar-refractivity contribution in [2.24, 2.45) is 0 Å². The molecule has 1 aromatic carbocycles. The second-order valence-electron chi connectivity index (χ2n) is 4.72. The molecule has 0 saturated heterocycles. The van der Waals surface area contributed by atoms with Gasteiger partial charge in [-0.2, -0.15) is 0 Å². The molecule has 3 nitrogen and oxygen atoms in total. The zero-order valence-corrected chi connectivity index (χ0v) is 12.0. The molecular formula is C14H21ClN2O. The molecule has 0 aromatic heterocycles. The van der Waals surface area contributed by atoms with E-state index < -0.39 is 0 Å². The number of aryl methyl sites for hydroxylation is 1. The van der Waals surface area contributed by atoms with Gasteiger partial charge in [0.1, 0.15) is 0 Å². The summed E-state index contributed by atoms with van der Waals surface area (Å²) < 4.78 is 0. The highest BCUT2D eigenvalue weighted by Gasteiger charge is 2.06. The van der Waals surface area contributed by atoms with Gasteiger partial charge < -0.3 is 10.2 Å². The van der Waals surface area contributed by atoms with Gasteiger partial charge in [-0.05, 0) is 64.3 Å². The minimum atomic E-state index is 0.111. The Balaban J connectivity index is 2.34. The first-order chi connectivity index (χ1) is 8.50. The van der Waals surface area contributed by atoms with Crippen LogP contribution in [0.2, 0.25) is 5.02 Å². The summed E-state index contributed by atoms with van der Waals surface area (Å²) in [6, 6.07) is 5.39. The Morgan fingerprint density at radius 2 is 2.11 bits per heavy atom. The number of halogens is 1. The lowest BCUT2D eigenvalue weighted by atomic mass is 10.1. The maximum Gasteiger partial charge on any atom is 0.176 e. The van der Waals surface area contributed by atoms with Crippen molar-refractivity contribution >= 4 is 17.4 Å². The van der Waals surface area contributed by atoms with Crippen LogP contribution in [-0.4, -0.2) is 44.4 Å². The van der Waals surface area contributed by atoms with Crippen molar-refractivity contribution in [2.75, 3.05) is 33.7 Å². The summed E-state index contributed by atoms with van der Waals surface area (Å²) >= 11 is 5.93. The van der Waals surface area contributed by atoms with E-state index in [-0.39, 0.29) is 5.78 Å². The number of Topliss-reactive ketones (excluding diaryl/α,β-unsaturated/α-hetero) is 1. The summed E-state index contributed by atoms with van der Waals surface area (Å²) in [4.78, 5) is 14.0. The van der Waals surface area contributed by atoms with Crippen molar-refractivity contribution in [3.63, 3.8) is 0 Å². The van der Waals surface area contributed by atoms with Crippen molar-refractivity contribution < 1.29 is 4.79 Å². The van der Waals surface area contributed by atoms with Gasteiger partial charge in [-0.1, -0.05) is 11.6 Å². The standard InChI is InChI=1S/C14H21ClN2O/c1-11-9-12(5-6-13(11)15)14(18)10-16-7-4-8-17(2)3/h5-6,9,16H,4,7-8,10H2,1-3H3. The van der Waals surface area contributed by atoms with Gasteiger partial charge in [0.15, 0.2) is 5.78 Å². The van der Waals surface area contributed by atoms with Crippen LogP contribution in [-0.2, 0) is 0 Å². The molecule has 1 rings (SSSR count). The molecule has 0 radical (unpaired) electrons. The molecule has 0 aliphatic carbocycles. The summed E-state index contributed by atoms with van der Waals surface area (Å²) in [5.41, 5.74) is 1.66. The van der Waals surface area contributed by atoms with Crippen LogP contribution in [0.1, 0.15) is 22.3 Å². The Hall–Kier alpha value is -0.900. The Morgan fingerprint density at radius 1 is 1.39 bits per heavy atom. The second kappa shape index (κ2) is 7.52. The maximum atomic E-state index is 11.9. The molecule has 0 bridgehead atoms. The average molecular weight is 269 g/mol. The number of hydrogen-bond donors (Lipinski definition) is 1. The van der Waals surface area contributed by atoms with Crippen LogP contribution >= 0.6 is 11.6 Å². The summed E-state index contributed by atoms with van der Waals surface area (Å²) in [5, 5.41) is 3.86. The summed E-state index contributed by atoms with van der Waals surface area (Å²) in [6.45, 7) is 4.18. The summed E-state index contributed by atoms with van der Waals surface area (Å²) in [5.74, 6) is 0.111. The molecule has 0 heterocycles. The van der Waals surface area contributed by atoms with Crippen LogP contribution < -0.4 is 5.32 Å². The van der Waals surface area contributed by atoms with E-state index in [0.717, 1.165) is 30.6 Å². The fraction of sp³-hybridized carbons (Fsp3) is 0.500. The molecule has 0 aliphatic rings. The van der Waals surface area contributed by atoms with Gasteiger partial charge in [0, 0.05) is 10.6 Å². The van der Waals surface area contributed by atoms with Gasteiger partial charge >= 0.3 is 0 Å². The number of benzene rings is 1. The SMILES string of the molecule is Cc1cc(C(=O)CNCCCN(C)C)ccc1Cl. The Morgan fingerprint density at radius 3 is 2.72 bits per heavy atom. The van der Waals surface area contributed by atoms with Crippen molar-refractivity contribution in [3.05, 3.63) is 34.3 Å². The highest BCUT2D eigenvalue weighted by molar-refractivity contribution is 6.31. The van der Waals surface area contributed by atoms with Crippen molar-refractivity contribution in [1.82, 2.24) is 10.2 Å². The number of ketones is 1. The van der Waals surface area contributed by atoms with E-state index in [1.54, 1.807) is 12.1 Å². The number of nitrogens with one attached hydrogen (secondary N) is 1. The molecule has 0 amide bonds.